The van der Waals surface area contributed by atoms with Crippen molar-refractivity contribution in [1.29, 1.82) is 0 Å². The predicted molar refractivity (Wildman–Crippen MR) is 68.7 cm³/mol. The number of nitrogens with zero attached hydrogens (tertiary/aromatic N) is 2. The van der Waals surface area contributed by atoms with Crippen molar-refractivity contribution >= 4 is 11.8 Å². The fraction of sp³-hybridized carbons (Fsp3) is 0.0769. The number of aromatic nitrogens is 1. The summed E-state index contributed by atoms with van der Waals surface area (Å²) in [5.41, 5.74) is 0.387. The highest BCUT2D eigenvalue weighted by molar-refractivity contribution is 5.67. The lowest BCUT2D eigenvalue weighted by atomic mass is 10.2. The molecule has 0 saturated carbocycles. The Morgan fingerprint density at radius 3 is 2.70 bits per heavy atom. The minimum absolute atomic E-state index is 0.0736. The van der Waals surface area contributed by atoms with Crippen LogP contribution in [0.5, 0.6) is 11.5 Å². The fourth-order valence-electron chi connectivity index (χ4n) is 1.48. The molecule has 0 bridgehead atoms. The van der Waals surface area contributed by atoms with Gasteiger partial charge in [0.1, 0.15) is 5.75 Å². The highest BCUT2D eigenvalue weighted by Crippen LogP contribution is 2.23. The zero-order valence-electron chi connectivity index (χ0n) is 10.5. The van der Waals surface area contributed by atoms with Gasteiger partial charge in [0.05, 0.1) is 11.1 Å². The highest BCUT2D eigenvalue weighted by Gasteiger charge is 2.13. The number of pyridine rings is 1. The number of hydrogen-bond acceptors (Lipinski definition) is 6. The van der Waals surface area contributed by atoms with Gasteiger partial charge in [-0.2, -0.15) is 0 Å². The smallest absolute Gasteiger partial charge is 0.394 e. The Hall–Kier alpha value is -2.96. The lowest BCUT2D eigenvalue weighted by molar-refractivity contribution is -0.384. The zero-order valence-corrected chi connectivity index (χ0v) is 10.5. The number of carbonyl (C=O) groups excluding carboxylic acids is 1. The first-order valence-electron chi connectivity index (χ1n) is 5.61. The van der Waals surface area contributed by atoms with Crippen LogP contribution in [0.25, 0.3) is 0 Å². The van der Waals surface area contributed by atoms with Crippen molar-refractivity contribution in [3.8, 4) is 11.5 Å². The van der Waals surface area contributed by atoms with E-state index < -0.39 is 11.1 Å². The van der Waals surface area contributed by atoms with Crippen molar-refractivity contribution in [2.45, 2.75) is 6.92 Å². The molecule has 0 atom stereocenters. The van der Waals surface area contributed by atoms with Crippen LogP contribution in [0.3, 0.4) is 0 Å². The lowest BCUT2D eigenvalue weighted by Gasteiger charge is -2.07. The molecule has 2 aromatic rings. The van der Waals surface area contributed by atoms with E-state index in [-0.39, 0.29) is 17.2 Å². The maximum Gasteiger partial charge on any atom is 0.519 e. The molecule has 20 heavy (non-hydrogen) atoms. The van der Waals surface area contributed by atoms with Gasteiger partial charge in [-0.25, -0.2) is 4.79 Å². The summed E-state index contributed by atoms with van der Waals surface area (Å²) in [7, 11) is 0. The number of rotatable bonds is 3. The van der Waals surface area contributed by atoms with Gasteiger partial charge in [0.2, 0.25) is 0 Å². The van der Waals surface area contributed by atoms with Gasteiger partial charge in [-0.3, -0.25) is 15.1 Å². The summed E-state index contributed by atoms with van der Waals surface area (Å²) in [6, 6.07) is 7.07. The van der Waals surface area contributed by atoms with E-state index in [0.29, 0.717) is 5.56 Å². The molecule has 0 amide bonds. The Bertz CT molecular complexity index is 642. The number of carbonyl (C=O) groups is 1. The third-order valence-corrected chi connectivity index (χ3v) is 2.40. The van der Waals surface area contributed by atoms with Crippen LogP contribution in [0, 0.1) is 17.0 Å². The minimum Gasteiger partial charge on any atom is -0.394 e. The molecule has 0 aliphatic heterocycles. The van der Waals surface area contributed by atoms with Crippen molar-refractivity contribution < 1.29 is 19.2 Å². The van der Waals surface area contributed by atoms with E-state index in [0.717, 1.165) is 0 Å². The molecule has 0 radical (unpaired) electrons. The number of benzene rings is 1. The largest absolute Gasteiger partial charge is 0.519 e. The van der Waals surface area contributed by atoms with Crippen molar-refractivity contribution in [2.75, 3.05) is 0 Å². The first-order valence-corrected chi connectivity index (χ1v) is 5.61. The summed E-state index contributed by atoms with van der Waals surface area (Å²) < 4.78 is 9.87. The molecule has 7 nitrogen and oxygen atoms in total. The molecular formula is C13H10N2O5. The molecule has 0 aliphatic carbocycles. The number of ether oxygens (including phenoxy) is 2. The second-order valence-corrected chi connectivity index (χ2v) is 3.85. The van der Waals surface area contributed by atoms with E-state index in [1.54, 1.807) is 25.3 Å². The van der Waals surface area contributed by atoms with Crippen LogP contribution in [0.2, 0.25) is 0 Å². The first-order chi connectivity index (χ1) is 9.56. The number of aryl methyl sites for hydroxylation is 1. The third-order valence-electron chi connectivity index (χ3n) is 2.40. The average molecular weight is 274 g/mol. The average Bonchev–Trinajstić information content (AvgIpc) is 2.42. The molecule has 1 aromatic heterocycles. The van der Waals surface area contributed by atoms with Crippen LogP contribution in [-0.2, 0) is 0 Å². The molecule has 102 valence electrons. The topological polar surface area (TPSA) is 91.6 Å². The van der Waals surface area contributed by atoms with E-state index in [1.165, 1.54) is 24.4 Å². The number of nitro groups is 1. The molecule has 2 rings (SSSR count). The molecule has 0 unspecified atom stereocenters. The van der Waals surface area contributed by atoms with E-state index in [9.17, 15) is 14.9 Å². The molecule has 7 heteroatoms. The summed E-state index contributed by atoms with van der Waals surface area (Å²) >= 11 is 0. The molecule has 0 fully saturated rings. The first kappa shape index (κ1) is 13.5. The van der Waals surface area contributed by atoms with Gasteiger partial charge in [0.15, 0.2) is 5.75 Å². The van der Waals surface area contributed by atoms with Crippen LogP contribution in [0.4, 0.5) is 10.5 Å². The minimum atomic E-state index is -0.935. The van der Waals surface area contributed by atoms with Crippen LogP contribution in [-0.4, -0.2) is 16.1 Å². The van der Waals surface area contributed by atoms with Crippen molar-refractivity contribution in [1.82, 2.24) is 4.98 Å². The standard InChI is InChI=1S/C13H10N2O5/c1-9-7-10(15(17)18)4-5-12(9)20-13(16)19-11-3-2-6-14-8-11/h2-8H,1H3. The van der Waals surface area contributed by atoms with E-state index in [2.05, 4.69) is 4.98 Å². The summed E-state index contributed by atoms with van der Waals surface area (Å²) in [6.45, 7) is 1.60. The Morgan fingerprint density at radius 2 is 2.10 bits per heavy atom. The Kier molecular flexibility index (Phi) is 3.90. The number of hydrogen-bond donors (Lipinski definition) is 0. The summed E-state index contributed by atoms with van der Waals surface area (Å²) in [4.78, 5) is 25.4. The molecule has 1 heterocycles. The zero-order chi connectivity index (χ0) is 14.5. The molecular weight excluding hydrogens is 264 g/mol. The van der Waals surface area contributed by atoms with Gasteiger partial charge < -0.3 is 9.47 Å². The quantitative estimate of drug-likeness (QED) is 0.370. The van der Waals surface area contributed by atoms with Gasteiger partial charge in [-0.15, -0.1) is 0 Å². The van der Waals surface area contributed by atoms with Crippen molar-refractivity contribution in [3.05, 3.63) is 58.4 Å². The number of non-ortho nitro benzene ring substituents is 1. The van der Waals surface area contributed by atoms with E-state index in [1.807, 2.05) is 0 Å². The summed E-state index contributed by atoms with van der Waals surface area (Å²) in [6.07, 6.45) is 1.97. The maximum absolute atomic E-state index is 11.5. The van der Waals surface area contributed by atoms with Gasteiger partial charge in [0, 0.05) is 18.3 Å². The second kappa shape index (κ2) is 5.79. The van der Waals surface area contributed by atoms with Crippen LogP contribution in [0.15, 0.2) is 42.7 Å². The Balaban J connectivity index is 2.06. The van der Waals surface area contributed by atoms with Gasteiger partial charge in [0.25, 0.3) is 5.69 Å². The summed E-state index contributed by atoms with van der Waals surface area (Å²) in [5, 5.41) is 10.6. The van der Waals surface area contributed by atoms with Crippen LogP contribution < -0.4 is 9.47 Å². The van der Waals surface area contributed by atoms with Crippen LogP contribution in [0.1, 0.15) is 5.56 Å². The monoisotopic (exact) mass is 274 g/mol. The SMILES string of the molecule is Cc1cc([N+](=O)[O-])ccc1OC(=O)Oc1cccnc1. The molecule has 0 N–H and O–H groups in total. The van der Waals surface area contributed by atoms with E-state index in [4.69, 9.17) is 9.47 Å². The van der Waals surface area contributed by atoms with Gasteiger partial charge in [-0.05, 0) is 30.7 Å². The molecule has 0 spiro atoms. The fourth-order valence-corrected chi connectivity index (χ4v) is 1.48. The summed E-state index contributed by atoms with van der Waals surface area (Å²) in [5.74, 6) is 0.446. The van der Waals surface area contributed by atoms with Crippen molar-refractivity contribution in [3.63, 3.8) is 0 Å². The second-order valence-electron chi connectivity index (χ2n) is 3.85. The van der Waals surface area contributed by atoms with Gasteiger partial charge >= 0.3 is 6.16 Å². The Labute approximate surface area is 113 Å². The highest BCUT2D eigenvalue weighted by atomic mass is 16.7. The van der Waals surface area contributed by atoms with Crippen molar-refractivity contribution in [2.24, 2.45) is 0 Å². The third kappa shape index (κ3) is 3.29. The maximum atomic E-state index is 11.5. The van der Waals surface area contributed by atoms with Gasteiger partial charge in [-0.1, -0.05) is 0 Å². The molecule has 1 aromatic carbocycles. The number of nitro benzene ring substituents is 1. The molecule has 0 saturated heterocycles. The predicted octanol–water partition coefficient (Wildman–Crippen LogP) is 2.88. The van der Waals surface area contributed by atoms with E-state index >= 15 is 0 Å². The lowest BCUT2D eigenvalue weighted by Crippen LogP contribution is -2.14. The van der Waals surface area contributed by atoms with Crippen LogP contribution >= 0.6 is 0 Å². The normalized spacial score (nSPS) is 9.85. The molecule has 0 aliphatic rings. The Morgan fingerprint density at radius 1 is 1.30 bits per heavy atom.